The minimum atomic E-state index is 0.750. The van der Waals surface area contributed by atoms with E-state index in [1.807, 2.05) is 0 Å². The lowest BCUT2D eigenvalue weighted by atomic mass is 9.72. The van der Waals surface area contributed by atoms with E-state index in [2.05, 4.69) is 22.9 Å². The molecule has 0 N–H and O–H groups in total. The first-order valence-corrected chi connectivity index (χ1v) is 6.47. The summed E-state index contributed by atoms with van der Waals surface area (Å²) in [5, 5.41) is 1.26. The molecule has 0 heterocycles. The third-order valence-corrected chi connectivity index (χ3v) is 5.17. The number of halogens is 1. The Bertz CT molecular complexity index is 160. The van der Waals surface area contributed by atoms with Gasteiger partial charge in [0.25, 0.3) is 0 Å². The molecule has 0 bridgehead atoms. The molecule has 1 heteroatoms. The fraction of sp³-hybridized carbons (Fsp3) is 1.00. The number of alkyl halides is 1. The lowest BCUT2D eigenvalue weighted by Gasteiger charge is -2.34. The van der Waals surface area contributed by atoms with Gasteiger partial charge in [-0.05, 0) is 36.5 Å². The Morgan fingerprint density at radius 2 is 1.92 bits per heavy atom. The highest BCUT2D eigenvalue weighted by atomic mass is 79.9. The van der Waals surface area contributed by atoms with E-state index in [1.165, 1.54) is 43.9 Å². The van der Waals surface area contributed by atoms with Gasteiger partial charge in [-0.25, -0.2) is 0 Å². The summed E-state index contributed by atoms with van der Waals surface area (Å²) in [6.45, 7) is 2.46. The number of hydrogen-bond acceptors (Lipinski definition) is 0. The molecular weight excluding hydrogens is 212 g/mol. The maximum absolute atomic E-state index is 3.70. The second-order valence-electron chi connectivity index (χ2n) is 4.86. The van der Waals surface area contributed by atoms with Crippen molar-refractivity contribution >= 4 is 15.9 Å². The lowest BCUT2D eigenvalue weighted by Crippen LogP contribution is -2.27. The van der Waals surface area contributed by atoms with E-state index in [9.17, 15) is 0 Å². The van der Waals surface area contributed by atoms with Crippen molar-refractivity contribution in [2.45, 2.75) is 45.4 Å². The molecule has 2 fully saturated rings. The smallest absolute Gasteiger partial charge is 0.00907 e. The van der Waals surface area contributed by atoms with Gasteiger partial charge in [-0.1, -0.05) is 42.1 Å². The van der Waals surface area contributed by atoms with Crippen LogP contribution in [-0.2, 0) is 0 Å². The second kappa shape index (κ2) is 3.32. The zero-order chi connectivity index (χ0) is 8.60. The molecule has 2 atom stereocenters. The van der Waals surface area contributed by atoms with Gasteiger partial charge < -0.3 is 0 Å². The molecule has 0 aromatic heterocycles. The molecule has 0 radical (unpaired) electrons. The Kier molecular flexibility index (Phi) is 2.51. The number of hydrogen-bond donors (Lipinski definition) is 0. The first kappa shape index (κ1) is 9.05. The van der Waals surface area contributed by atoms with Gasteiger partial charge >= 0.3 is 0 Å². The van der Waals surface area contributed by atoms with Crippen LogP contribution in [0.4, 0.5) is 0 Å². The largest absolute Gasteiger partial charge is 0.0922 e. The second-order valence-corrected chi connectivity index (χ2v) is 5.42. The van der Waals surface area contributed by atoms with Crippen LogP contribution in [0.5, 0.6) is 0 Å². The molecule has 70 valence electrons. The van der Waals surface area contributed by atoms with Crippen molar-refractivity contribution in [3.8, 4) is 0 Å². The minimum Gasteiger partial charge on any atom is -0.0922 e. The highest BCUT2D eigenvalue weighted by Crippen LogP contribution is 2.58. The van der Waals surface area contributed by atoms with E-state index in [0.717, 1.165) is 17.3 Å². The summed E-state index contributed by atoms with van der Waals surface area (Å²) >= 11 is 3.70. The van der Waals surface area contributed by atoms with Crippen LogP contribution in [0.1, 0.15) is 45.4 Å². The molecule has 12 heavy (non-hydrogen) atoms. The van der Waals surface area contributed by atoms with Crippen LogP contribution in [0.25, 0.3) is 0 Å². The van der Waals surface area contributed by atoms with Crippen molar-refractivity contribution in [2.24, 2.45) is 17.3 Å². The quantitative estimate of drug-likeness (QED) is 0.630. The third kappa shape index (κ3) is 1.45. The first-order valence-electron chi connectivity index (χ1n) is 5.34. The Hall–Kier alpha value is 0.480. The Labute approximate surface area is 84.2 Å². The molecule has 0 aromatic rings. The van der Waals surface area contributed by atoms with Gasteiger partial charge in [-0.2, -0.15) is 0 Å². The summed E-state index contributed by atoms with van der Waals surface area (Å²) in [6, 6.07) is 0. The SMILES string of the molecule is CC1CCCCC1C1(CBr)CC1. The molecule has 2 rings (SSSR count). The average molecular weight is 231 g/mol. The molecule has 0 aromatic carbocycles. The Morgan fingerprint density at radius 3 is 2.42 bits per heavy atom. The summed E-state index contributed by atoms with van der Waals surface area (Å²) in [7, 11) is 0. The summed E-state index contributed by atoms with van der Waals surface area (Å²) in [5.41, 5.74) is 0.750. The Morgan fingerprint density at radius 1 is 1.25 bits per heavy atom. The molecular formula is C11H19Br. The zero-order valence-corrected chi connectivity index (χ0v) is 9.57. The molecule has 2 aliphatic rings. The van der Waals surface area contributed by atoms with Gasteiger partial charge in [0.1, 0.15) is 0 Å². The summed E-state index contributed by atoms with van der Waals surface area (Å²) in [6.07, 6.45) is 8.95. The Balaban J connectivity index is 2.01. The standard InChI is InChI=1S/C11H19Br/c1-9-4-2-3-5-10(9)11(8-12)6-7-11/h9-10H,2-8H2,1H3. The van der Waals surface area contributed by atoms with E-state index < -0.39 is 0 Å². The minimum absolute atomic E-state index is 0.750. The fourth-order valence-electron chi connectivity index (χ4n) is 2.99. The van der Waals surface area contributed by atoms with Crippen LogP contribution in [0.15, 0.2) is 0 Å². The van der Waals surface area contributed by atoms with Crippen molar-refractivity contribution in [2.75, 3.05) is 5.33 Å². The predicted molar refractivity (Wildman–Crippen MR) is 56.6 cm³/mol. The molecule has 2 unspecified atom stereocenters. The van der Waals surface area contributed by atoms with Crippen molar-refractivity contribution in [1.29, 1.82) is 0 Å². The van der Waals surface area contributed by atoms with Crippen LogP contribution in [0.2, 0.25) is 0 Å². The van der Waals surface area contributed by atoms with Crippen molar-refractivity contribution in [1.82, 2.24) is 0 Å². The van der Waals surface area contributed by atoms with Crippen molar-refractivity contribution < 1.29 is 0 Å². The van der Waals surface area contributed by atoms with Gasteiger partial charge in [0, 0.05) is 5.33 Å². The molecule has 2 saturated carbocycles. The predicted octanol–water partition coefficient (Wildman–Crippen LogP) is 3.99. The molecule has 0 saturated heterocycles. The van der Waals surface area contributed by atoms with Crippen LogP contribution in [0.3, 0.4) is 0 Å². The maximum atomic E-state index is 3.70. The van der Waals surface area contributed by atoms with Crippen LogP contribution >= 0.6 is 15.9 Å². The lowest BCUT2D eigenvalue weighted by molar-refractivity contribution is 0.173. The molecule has 0 aliphatic heterocycles. The average Bonchev–Trinajstić information content (AvgIpc) is 2.86. The summed E-state index contributed by atoms with van der Waals surface area (Å²) in [5.74, 6) is 2.05. The van der Waals surface area contributed by atoms with Gasteiger partial charge in [-0.3, -0.25) is 0 Å². The van der Waals surface area contributed by atoms with E-state index in [1.54, 1.807) is 0 Å². The van der Waals surface area contributed by atoms with Crippen LogP contribution in [0, 0.1) is 17.3 Å². The highest BCUT2D eigenvalue weighted by molar-refractivity contribution is 9.09. The van der Waals surface area contributed by atoms with Crippen molar-refractivity contribution in [3.63, 3.8) is 0 Å². The van der Waals surface area contributed by atoms with E-state index in [0.29, 0.717) is 0 Å². The van der Waals surface area contributed by atoms with Crippen LogP contribution < -0.4 is 0 Å². The van der Waals surface area contributed by atoms with Crippen LogP contribution in [-0.4, -0.2) is 5.33 Å². The normalized spacial score (nSPS) is 39.5. The van der Waals surface area contributed by atoms with E-state index in [-0.39, 0.29) is 0 Å². The van der Waals surface area contributed by atoms with E-state index in [4.69, 9.17) is 0 Å². The molecule has 0 amide bonds. The molecule has 0 spiro atoms. The van der Waals surface area contributed by atoms with Gasteiger partial charge in [0.15, 0.2) is 0 Å². The maximum Gasteiger partial charge on any atom is 0.00907 e. The van der Waals surface area contributed by atoms with Crippen molar-refractivity contribution in [3.05, 3.63) is 0 Å². The highest BCUT2D eigenvalue weighted by Gasteiger charge is 2.49. The first-order chi connectivity index (χ1) is 5.78. The zero-order valence-electron chi connectivity index (χ0n) is 7.98. The number of rotatable bonds is 2. The van der Waals surface area contributed by atoms with Gasteiger partial charge in [-0.15, -0.1) is 0 Å². The monoisotopic (exact) mass is 230 g/mol. The molecule has 0 nitrogen and oxygen atoms in total. The molecule has 2 aliphatic carbocycles. The summed E-state index contributed by atoms with van der Waals surface area (Å²) < 4.78 is 0. The van der Waals surface area contributed by atoms with Gasteiger partial charge in [0.05, 0.1) is 0 Å². The fourth-order valence-corrected chi connectivity index (χ4v) is 3.97. The summed E-state index contributed by atoms with van der Waals surface area (Å²) in [4.78, 5) is 0. The third-order valence-electron chi connectivity index (χ3n) is 4.06. The van der Waals surface area contributed by atoms with E-state index >= 15 is 0 Å². The topological polar surface area (TPSA) is 0 Å². The van der Waals surface area contributed by atoms with Gasteiger partial charge in [0.2, 0.25) is 0 Å².